The lowest BCUT2D eigenvalue weighted by Gasteiger charge is -2.11. The average Bonchev–Trinajstić information content (AvgIpc) is 3.14. The van der Waals surface area contributed by atoms with Crippen molar-refractivity contribution in [2.75, 3.05) is 19.8 Å². The van der Waals surface area contributed by atoms with E-state index in [0.717, 1.165) is 26.2 Å². The van der Waals surface area contributed by atoms with Gasteiger partial charge in [0.25, 0.3) is 0 Å². The summed E-state index contributed by atoms with van der Waals surface area (Å²) in [6, 6.07) is 10.3. The number of hydrogen-bond donors (Lipinski definition) is 0. The summed E-state index contributed by atoms with van der Waals surface area (Å²) in [4.78, 5) is 0. The van der Waals surface area contributed by atoms with Gasteiger partial charge in [0.15, 0.2) is 0 Å². The van der Waals surface area contributed by atoms with Crippen LogP contribution in [0.2, 0.25) is 0 Å². The van der Waals surface area contributed by atoms with Gasteiger partial charge in [-0.3, -0.25) is 0 Å². The maximum absolute atomic E-state index is 5.52. The van der Waals surface area contributed by atoms with Crippen molar-refractivity contribution in [2.45, 2.75) is 12.5 Å². The van der Waals surface area contributed by atoms with E-state index in [-0.39, 0.29) is 0 Å². The molecule has 0 spiro atoms. The Balaban J connectivity index is 1.74. The second kappa shape index (κ2) is 5.83. The first-order chi connectivity index (χ1) is 7.90. The number of allylic oxidation sites excluding steroid dienone is 1. The maximum atomic E-state index is 5.52. The zero-order valence-corrected chi connectivity index (χ0v) is 9.39. The smallest absolute Gasteiger partial charge is 0.104 e. The highest BCUT2D eigenvalue weighted by Gasteiger charge is 2.22. The van der Waals surface area contributed by atoms with Gasteiger partial charge in [0.2, 0.25) is 0 Å². The fraction of sp³-hybridized carbons (Fsp3) is 0.357. The predicted molar refractivity (Wildman–Crippen MR) is 64.2 cm³/mol. The molecule has 0 saturated carbocycles. The van der Waals surface area contributed by atoms with Crippen molar-refractivity contribution in [1.29, 1.82) is 0 Å². The van der Waals surface area contributed by atoms with Crippen LogP contribution >= 0.6 is 0 Å². The molecule has 0 bridgehead atoms. The van der Waals surface area contributed by atoms with Crippen molar-refractivity contribution in [1.82, 2.24) is 0 Å². The molecule has 1 aromatic rings. The lowest BCUT2D eigenvalue weighted by Crippen LogP contribution is -2.06. The molecule has 0 aliphatic carbocycles. The monoisotopic (exact) mass is 217 g/mol. The SMILES string of the molecule is C=C[C](CCOCC1CO1)c1ccccc1. The Morgan fingerprint density at radius 2 is 2.19 bits per heavy atom. The molecule has 2 rings (SSSR count). The summed E-state index contributed by atoms with van der Waals surface area (Å²) in [7, 11) is 0. The first kappa shape index (κ1) is 11.4. The molecule has 85 valence electrons. The summed E-state index contributed by atoms with van der Waals surface area (Å²) in [5, 5.41) is 0. The predicted octanol–water partition coefficient (Wildman–Crippen LogP) is 2.60. The molecular formula is C14H17O2. The van der Waals surface area contributed by atoms with Crippen molar-refractivity contribution in [3.8, 4) is 0 Å². The van der Waals surface area contributed by atoms with Gasteiger partial charge in [-0.1, -0.05) is 36.4 Å². The van der Waals surface area contributed by atoms with Gasteiger partial charge in [0.05, 0.1) is 13.2 Å². The molecule has 1 unspecified atom stereocenters. The molecule has 1 atom stereocenters. The molecule has 0 N–H and O–H groups in total. The van der Waals surface area contributed by atoms with E-state index in [0.29, 0.717) is 6.10 Å². The van der Waals surface area contributed by atoms with Crippen LogP contribution < -0.4 is 0 Å². The van der Waals surface area contributed by atoms with Gasteiger partial charge in [-0.2, -0.15) is 0 Å². The van der Waals surface area contributed by atoms with Crippen LogP contribution in [0.3, 0.4) is 0 Å². The number of ether oxygens (including phenoxy) is 2. The summed E-state index contributed by atoms with van der Waals surface area (Å²) in [6.45, 7) is 6.16. The van der Waals surface area contributed by atoms with Crippen LogP contribution in [0, 0.1) is 5.92 Å². The Bertz CT molecular complexity index is 317. The minimum atomic E-state index is 0.351. The van der Waals surface area contributed by atoms with Crippen LogP contribution in [-0.4, -0.2) is 25.9 Å². The lowest BCUT2D eigenvalue weighted by molar-refractivity contribution is 0.117. The third kappa shape index (κ3) is 3.47. The Morgan fingerprint density at radius 1 is 1.44 bits per heavy atom. The van der Waals surface area contributed by atoms with Gasteiger partial charge in [0.1, 0.15) is 6.10 Å². The van der Waals surface area contributed by atoms with Gasteiger partial charge in [-0.05, 0) is 12.0 Å². The second-order valence-corrected chi connectivity index (χ2v) is 3.88. The standard InChI is InChI=1S/C14H17O2/c1-2-12(13-6-4-3-5-7-13)8-9-15-10-14-11-16-14/h2-7,14H,1,8-11H2. The van der Waals surface area contributed by atoms with Crippen LogP contribution in [0.4, 0.5) is 0 Å². The van der Waals surface area contributed by atoms with Gasteiger partial charge < -0.3 is 9.47 Å². The molecule has 16 heavy (non-hydrogen) atoms. The van der Waals surface area contributed by atoms with Crippen molar-refractivity contribution in [3.63, 3.8) is 0 Å². The molecule has 2 heteroatoms. The van der Waals surface area contributed by atoms with E-state index >= 15 is 0 Å². The van der Waals surface area contributed by atoms with E-state index in [2.05, 4.69) is 18.7 Å². The van der Waals surface area contributed by atoms with E-state index in [1.54, 1.807) is 0 Å². The molecule has 1 radical (unpaired) electrons. The van der Waals surface area contributed by atoms with Crippen molar-refractivity contribution >= 4 is 0 Å². The Labute approximate surface area is 96.9 Å². The number of benzene rings is 1. The number of epoxide rings is 1. The zero-order chi connectivity index (χ0) is 11.2. The minimum absolute atomic E-state index is 0.351. The van der Waals surface area contributed by atoms with Gasteiger partial charge >= 0.3 is 0 Å². The third-order valence-corrected chi connectivity index (χ3v) is 2.61. The fourth-order valence-electron chi connectivity index (χ4n) is 1.58. The quantitative estimate of drug-likeness (QED) is 0.517. The van der Waals surface area contributed by atoms with E-state index in [1.807, 2.05) is 24.3 Å². The van der Waals surface area contributed by atoms with Crippen molar-refractivity contribution in [3.05, 3.63) is 54.5 Å². The summed E-state index contributed by atoms with van der Waals surface area (Å²) in [5.74, 6) is 1.23. The zero-order valence-electron chi connectivity index (χ0n) is 9.39. The molecule has 1 aliphatic rings. The summed E-state index contributed by atoms with van der Waals surface area (Å²) < 4.78 is 10.6. The summed E-state index contributed by atoms with van der Waals surface area (Å²) in [6.07, 6.45) is 3.16. The largest absolute Gasteiger partial charge is 0.379 e. The van der Waals surface area contributed by atoms with E-state index < -0.39 is 0 Å². The minimum Gasteiger partial charge on any atom is -0.379 e. The molecule has 1 heterocycles. The van der Waals surface area contributed by atoms with E-state index in [1.165, 1.54) is 11.5 Å². The Kier molecular flexibility index (Phi) is 4.14. The van der Waals surface area contributed by atoms with Gasteiger partial charge in [0, 0.05) is 12.5 Å². The molecule has 1 fully saturated rings. The summed E-state index contributed by atoms with van der Waals surface area (Å²) >= 11 is 0. The Hall–Kier alpha value is -1.12. The summed E-state index contributed by atoms with van der Waals surface area (Å²) in [5.41, 5.74) is 1.23. The normalized spacial score (nSPS) is 18.7. The highest BCUT2D eigenvalue weighted by Crippen LogP contribution is 2.19. The fourth-order valence-corrected chi connectivity index (χ4v) is 1.58. The molecule has 0 amide bonds. The highest BCUT2D eigenvalue weighted by atomic mass is 16.6. The van der Waals surface area contributed by atoms with Crippen LogP contribution in [0.25, 0.3) is 0 Å². The second-order valence-electron chi connectivity index (χ2n) is 3.88. The lowest BCUT2D eigenvalue weighted by atomic mass is 9.96. The van der Waals surface area contributed by atoms with Crippen molar-refractivity contribution in [2.24, 2.45) is 0 Å². The van der Waals surface area contributed by atoms with Crippen molar-refractivity contribution < 1.29 is 9.47 Å². The highest BCUT2D eigenvalue weighted by molar-refractivity contribution is 5.35. The third-order valence-electron chi connectivity index (χ3n) is 2.61. The molecule has 2 nitrogen and oxygen atoms in total. The molecule has 0 aromatic heterocycles. The molecule has 1 aromatic carbocycles. The number of hydrogen-bond acceptors (Lipinski definition) is 2. The molecular weight excluding hydrogens is 200 g/mol. The van der Waals surface area contributed by atoms with Gasteiger partial charge in [-0.25, -0.2) is 0 Å². The van der Waals surface area contributed by atoms with Crippen LogP contribution in [0.1, 0.15) is 12.0 Å². The first-order valence-electron chi connectivity index (χ1n) is 5.63. The maximum Gasteiger partial charge on any atom is 0.104 e. The van der Waals surface area contributed by atoms with E-state index in [9.17, 15) is 0 Å². The van der Waals surface area contributed by atoms with Crippen LogP contribution in [0.5, 0.6) is 0 Å². The number of rotatable bonds is 7. The van der Waals surface area contributed by atoms with Gasteiger partial charge in [-0.15, -0.1) is 6.58 Å². The first-order valence-corrected chi connectivity index (χ1v) is 5.63. The van der Waals surface area contributed by atoms with Crippen LogP contribution in [-0.2, 0) is 9.47 Å². The average molecular weight is 217 g/mol. The Morgan fingerprint density at radius 3 is 2.81 bits per heavy atom. The van der Waals surface area contributed by atoms with E-state index in [4.69, 9.17) is 9.47 Å². The molecule has 1 aliphatic heterocycles. The topological polar surface area (TPSA) is 21.8 Å². The molecule has 1 saturated heterocycles. The van der Waals surface area contributed by atoms with Crippen LogP contribution in [0.15, 0.2) is 43.0 Å².